The highest BCUT2D eigenvalue weighted by molar-refractivity contribution is 4.95. The number of fused-ring (bicyclic) bond motifs is 2. The molecule has 74 valence electrons. The van der Waals surface area contributed by atoms with Gasteiger partial charge in [0.1, 0.15) is 0 Å². The lowest BCUT2D eigenvalue weighted by Crippen LogP contribution is -2.59. The van der Waals surface area contributed by atoms with E-state index in [2.05, 4.69) is 11.5 Å². The molecule has 0 unspecified atom stereocenters. The molecule has 3 nitrogen and oxygen atoms in total. The van der Waals surface area contributed by atoms with Gasteiger partial charge in [0, 0.05) is 24.7 Å². The molecule has 2 fully saturated rings. The molecule has 0 radical (unpaired) electrons. The second-order valence-corrected chi connectivity index (χ2v) is 4.06. The molecule has 13 heavy (non-hydrogen) atoms. The molecule has 3 heteroatoms. The summed E-state index contributed by atoms with van der Waals surface area (Å²) in [5.41, 5.74) is 5.98. The van der Waals surface area contributed by atoms with Crippen molar-refractivity contribution in [1.29, 1.82) is 0 Å². The maximum Gasteiger partial charge on any atom is 0.0623 e. The zero-order valence-corrected chi connectivity index (χ0v) is 7.98. The summed E-state index contributed by atoms with van der Waals surface area (Å²) in [6, 6.07) is 1.43. The Labute approximate surface area is 79.5 Å². The molecule has 2 bridgehead atoms. The van der Waals surface area contributed by atoms with Crippen molar-refractivity contribution < 1.29 is 4.74 Å². The highest BCUT2D eigenvalue weighted by atomic mass is 16.5. The Morgan fingerprint density at radius 1 is 1.38 bits per heavy atom. The average molecular weight is 182 g/mol. The molecule has 2 aliphatic rings. The van der Waals surface area contributed by atoms with Gasteiger partial charge in [-0.2, -0.15) is 0 Å². The molecule has 2 N–H and O–H groups in total. The molecular weight excluding hydrogens is 164 g/mol. The molecule has 0 aliphatic carbocycles. The van der Waals surface area contributed by atoms with Gasteiger partial charge in [0.15, 0.2) is 0 Å². The fourth-order valence-corrected chi connectivity index (χ4v) is 2.48. The first-order chi connectivity index (χ1) is 6.31. The van der Waals surface area contributed by atoms with Gasteiger partial charge in [0.2, 0.25) is 0 Å². The first-order valence-electron chi connectivity index (χ1n) is 5.01. The van der Waals surface area contributed by atoms with E-state index < -0.39 is 0 Å². The van der Waals surface area contributed by atoms with Crippen molar-refractivity contribution in [3.05, 3.63) is 12.7 Å². The molecule has 0 saturated carbocycles. The van der Waals surface area contributed by atoms with Crippen LogP contribution in [0.15, 0.2) is 12.7 Å². The number of nitrogens with two attached hydrogens (primary N) is 1. The van der Waals surface area contributed by atoms with Crippen molar-refractivity contribution in [3.8, 4) is 0 Å². The van der Waals surface area contributed by atoms with Crippen LogP contribution in [0, 0.1) is 0 Å². The van der Waals surface area contributed by atoms with Crippen LogP contribution in [0.1, 0.15) is 12.8 Å². The summed E-state index contributed by atoms with van der Waals surface area (Å²) < 4.78 is 5.53. The Morgan fingerprint density at radius 3 is 2.54 bits per heavy atom. The minimum Gasteiger partial charge on any atom is -0.378 e. The fraction of sp³-hybridized carbons (Fsp3) is 0.800. The maximum absolute atomic E-state index is 5.98. The van der Waals surface area contributed by atoms with Gasteiger partial charge < -0.3 is 10.5 Å². The molecule has 0 aromatic heterocycles. The second-order valence-electron chi connectivity index (χ2n) is 4.06. The van der Waals surface area contributed by atoms with Gasteiger partial charge in [-0.25, -0.2) is 0 Å². The average Bonchev–Trinajstić information content (AvgIpc) is 2.07. The highest BCUT2D eigenvalue weighted by Crippen LogP contribution is 2.26. The number of hydrogen-bond donors (Lipinski definition) is 1. The summed E-state index contributed by atoms with van der Waals surface area (Å²) >= 11 is 0. The van der Waals surface area contributed by atoms with Gasteiger partial charge in [0.25, 0.3) is 0 Å². The molecule has 2 heterocycles. The first kappa shape index (κ1) is 9.19. The monoisotopic (exact) mass is 182 g/mol. The van der Waals surface area contributed by atoms with Crippen molar-refractivity contribution in [2.75, 3.05) is 19.8 Å². The molecule has 0 spiro atoms. The molecule has 2 rings (SSSR count). The summed E-state index contributed by atoms with van der Waals surface area (Å²) in [7, 11) is 0. The van der Waals surface area contributed by atoms with E-state index in [1.165, 1.54) is 0 Å². The predicted molar refractivity (Wildman–Crippen MR) is 52.5 cm³/mol. The van der Waals surface area contributed by atoms with Gasteiger partial charge in [-0.3, -0.25) is 4.90 Å². The van der Waals surface area contributed by atoms with Crippen LogP contribution < -0.4 is 5.73 Å². The number of ether oxygens (including phenoxy) is 1. The largest absolute Gasteiger partial charge is 0.378 e. The summed E-state index contributed by atoms with van der Waals surface area (Å²) in [5, 5.41) is 0. The molecular formula is C10H18N2O. The van der Waals surface area contributed by atoms with Crippen LogP contribution in [0.25, 0.3) is 0 Å². The summed E-state index contributed by atoms with van der Waals surface area (Å²) in [5.74, 6) is 0. The summed E-state index contributed by atoms with van der Waals surface area (Å²) in [4.78, 5) is 2.49. The number of rotatable bonds is 2. The molecule has 0 aromatic rings. The zero-order chi connectivity index (χ0) is 9.26. The Bertz CT molecular complexity index is 181. The summed E-state index contributed by atoms with van der Waals surface area (Å²) in [6.07, 6.45) is 4.12. The third-order valence-corrected chi connectivity index (χ3v) is 3.05. The van der Waals surface area contributed by atoms with E-state index in [4.69, 9.17) is 10.5 Å². The molecule has 2 aliphatic heterocycles. The van der Waals surface area contributed by atoms with Gasteiger partial charge in [0.05, 0.1) is 13.2 Å². The number of morpholine rings is 1. The smallest absolute Gasteiger partial charge is 0.0623 e. The number of nitrogens with zero attached hydrogens (tertiary/aromatic N) is 1. The molecule has 0 amide bonds. The maximum atomic E-state index is 5.98. The van der Waals surface area contributed by atoms with E-state index in [9.17, 15) is 0 Å². The normalized spacial score (nSPS) is 40.2. The molecule has 0 aromatic carbocycles. The van der Waals surface area contributed by atoms with E-state index >= 15 is 0 Å². The zero-order valence-electron chi connectivity index (χ0n) is 7.98. The topological polar surface area (TPSA) is 38.5 Å². The van der Waals surface area contributed by atoms with Crippen molar-refractivity contribution in [2.24, 2.45) is 5.73 Å². The Balaban J connectivity index is 2.05. The van der Waals surface area contributed by atoms with Crippen LogP contribution in [0.4, 0.5) is 0 Å². The minimum atomic E-state index is 0.375. The lowest BCUT2D eigenvalue weighted by molar-refractivity contribution is -0.0719. The lowest BCUT2D eigenvalue weighted by Gasteiger charge is -2.47. The highest BCUT2D eigenvalue weighted by Gasteiger charge is 2.36. The number of hydrogen-bond acceptors (Lipinski definition) is 3. The van der Waals surface area contributed by atoms with E-state index in [1.807, 2.05) is 6.08 Å². The van der Waals surface area contributed by atoms with E-state index in [1.54, 1.807) is 0 Å². The van der Waals surface area contributed by atoms with Crippen molar-refractivity contribution in [3.63, 3.8) is 0 Å². The molecule has 3 atom stereocenters. The van der Waals surface area contributed by atoms with Crippen LogP contribution in [0.3, 0.4) is 0 Å². The quantitative estimate of drug-likeness (QED) is 0.627. The predicted octanol–water partition coefficient (Wildman–Crippen LogP) is 0.363. The third-order valence-electron chi connectivity index (χ3n) is 3.05. The first-order valence-corrected chi connectivity index (χ1v) is 5.01. The van der Waals surface area contributed by atoms with Crippen molar-refractivity contribution >= 4 is 0 Å². The van der Waals surface area contributed by atoms with Gasteiger partial charge in [-0.1, -0.05) is 6.08 Å². The Morgan fingerprint density at radius 2 is 2.00 bits per heavy atom. The van der Waals surface area contributed by atoms with E-state index in [-0.39, 0.29) is 0 Å². The van der Waals surface area contributed by atoms with Crippen LogP contribution in [-0.2, 0) is 4.74 Å². The van der Waals surface area contributed by atoms with Crippen molar-refractivity contribution in [2.45, 2.75) is 31.0 Å². The van der Waals surface area contributed by atoms with E-state index in [0.29, 0.717) is 18.1 Å². The Kier molecular flexibility index (Phi) is 2.67. The van der Waals surface area contributed by atoms with Crippen LogP contribution >= 0.6 is 0 Å². The lowest BCUT2D eigenvalue weighted by atomic mass is 9.91. The Hall–Kier alpha value is -0.380. The van der Waals surface area contributed by atoms with Gasteiger partial charge >= 0.3 is 0 Å². The van der Waals surface area contributed by atoms with Crippen molar-refractivity contribution in [1.82, 2.24) is 4.90 Å². The molecule has 2 saturated heterocycles. The van der Waals surface area contributed by atoms with Gasteiger partial charge in [-0.15, -0.1) is 6.58 Å². The van der Waals surface area contributed by atoms with E-state index in [0.717, 1.165) is 32.6 Å². The third kappa shape index (κ3) is 1.77. The van der Waals surface area contributed by atoms with Crippen LogP contribution in [0.5, 0.6) is 0 Å². The number of piperidine rings is 1. The van der Waals surface area contributed by atoms with Crippen LogP contribution in [-0.4, -0.2) is 42.8 Å². The summed E-state index contributed by atoms with van der Waals surface area (Å²) in [6.45, 7) is 6.46. The SMILES string of the molecule is C=CCN1[C@@H]2COC[C@H]1C[C@@H](N)C2. The minimum absolute atomic E-state index is 0.375. The fourth-order valence-electron chi connectivity index (χ4n) is 2.48. The van der Waals surface area contributed by atoms with Gasteiger partial charge in [-0.05, 0) is 12.8 Å². The van der Waals surface area contributed by atoms with Crippen LogP contribution in [0.2, 0.25) is 0 Å². The standard InChI is InChI=1S/C10H18N2O/c1-2-3-12-9-4-8(11)5-10(12)7-13-6-9/h2,8-10H,1,3-7,11H2/t8-,9-,10+. The second kappa shape index (κ2) is 3.78.